The highest BCUT2D eigenvalue weighted by atomic mass is 79.9. The standard InChI is InChI=1S/C26H22BrCl3N6O2.ClH/c1-14(2)23(31)35(26(38)15-7-4-3-5-8-15)19-12-16(28)11-18(30)22(19)33-25(37)20-13-21(27)34-36(20)24-17(29)9-6-10-32-24;/h3-14,23H,31H2,1-2H3,(H,33,37);1H. The molecule has 0 aliphatic carbocycles. The first-order valence-corrected chi connectivity index (χ1v) is 13.3. The topological polar surface area (TPSA) is 106 Å². The van der Waals surface area contributed by atoms with Crippen LogP contribution >= 0.6 is 63.1 Å². The number of nitrogens with two attached hydrogens (primary N) is 1. The summed E-state index contributed by atoms with van der Waals surface area (Å²) < 4.78 is 1.69. The fourth-order valence-electron chi connectivity index (χ4n) is 3.68. The van der Waals surface area contributed by atoms with Gasteiger partial charge in [0, 0.05) is 22.8 Å². The Labute approximate surface area is 255 Å². The van der Waals surface area contributed by atoms with Crippen molar-refractivity contribution in [1.82, 2.24) is 14.8 Å². The minimum absolute atomic E-state index is 0. The lowest BCUT2D eigenvalue weighted by atomic mass is 10.1. The van der Waals surface area contributed by atoms with Gasteiger partial charge in [0.1, 0.15) is 10.3 Å². The number of amides is 2. The molecule has 2 aromatic heterocycles. The molecule has 204 valence electrons. The SMILES string of the molecule is CC(C)C(N)N(C(=O)c1ccccc1)c1cc(Cl)cc(Cl)c1NC(=O)c1cc(Br)nn1-c1ncccc1Cl.Cl. The van der Waals surface area contributed by atoms with Crippen molar-refractivity contribution in [3.05, 3.63) is 97.8 Å². The number of nitrogens with zero attached hydrogens (tertiary/aromatic N) is 4. The number of carbonyl (C=O) groups excluding carboxylic acids is 2. The highest BCUT2D eigenvalue weighted by Crippen LogP contribution is 2.39. The first kappa shape index (κ1) is 30.9. The molecule has 0 saturated heterocycles. The van der Waals surface area contributed by atoms with E-state index in [1.54, 1.807) is 42.5 Å². The maximum absolute atomic E-state index is 13.7. The molecule has 0 radical (unpaired) electrons. The van der Waals surface area contributed by atoms with Crippen molar-refractivity contribution in [2.45, 2.75) is 20.0 Å². The van der Waals surface area contributed by atoms with Crippen LogP contribution in [0.25, 0.3) is 5.82 Å². The number of hydrogen-bond donors (Lipinski definition) is 2. The van der Waals surface area contributed by atoms with Crippen molar-refractivity contribution in [2.24, 2.45) is 11.7 Å². The maximum Gasteiger partial charge on any atom is 0.274 e. The summed E-state index contributed by atoms with van der Waals surface area (Å²) in [5.41, 5.74) is 7.44. The summed E-state index contributed by atoms with van der Waals surface area (Å²) in [5.74, 6) is -0.850. The smallest absolute Gasteiger partial charge is 0.274 e. The van der Waals surface area contributed by atoms with E-state index in [1.807, 2.05) is 13.8 Å². The highest BCUT2D eigenvalue weighted by molar-refractivity contribution is 9.10. The molecular weight excluding hydrogens is 650 g/mol. The third-order valence-electron chi connectivity index (χ3n) is 5.60. The number of anilines is 2. The van der Waals surface area contributed by atoms with E-state index >= 15 is 0 Å². The summed E-state index contributed by atoms with van der Waals surface area (Å²) in [6.07, 6.45) is 0.771. The van der Waals surface area contributed by atoms with Crippen molar-refractivity contribution in [3.8, 4) is 5.82 Å². The zero-order chi connectivity index (χ0) is 27.6. The van der Waals surface area contributed by atoms with Gasteiger partial charge in [-0.25, -0.2) is 9.67 Å². The predicted octanol–water partition coefficient (Wildman–Crippen LogP) is 7.25. The number of aromatic nitrogens is 3. The molecule has 13 heteroatoms. The summed E-state index contributed by atoms with van der Waals surface area (Å²) in [7, 11) is 0. The van der Waals surface area contributed by atoms with Crippen molar-refractivity contribution in [3.63, 3.8) is 0 Å². The summed E-state index contributed by atoms with van der Waals surface area (Å²) in [5, 5.41) is 7.79. The van der Waals surface area contributed by atoms with Gasteiger partial charge in [-0.2, -0.15) is 5.10 Å². The van der Waals surface area contributed by atoms with Gasteiger partial charge in [-0.3, -0.25) is 14.5 Å². The quantitative estimate of drug-likeness (QED) is 0.201. The second kappa shape index (κ2) is 13.1. The molecule has 2 heterocycles. The van der Waals surface area contributed by atoms with Gasteiger partial charge in [0.15, 0.2) is 5.82 Å². The van der Waals surface area contributed by atoms with Crippen LogP contribution in [0.3, 0.4) is 0 Å². The molecule has 39 heavy (non-hydrogen) atoms. The number of benzene rings is 2. The minimum atomic E-state index is -0.764. The van der Waals surface area contributed by atoms with E-state index in [0.29, 0.717) is 15.2 Å². The van der Waals surface area contributed by atoms with E-state index < -0.39 is 12.1 Å². The van der Waals surface area contributed by atoms with Crippen LogP contribution in [0.1, 0.15) is 34.7 Å². The lowest BCUT2D eigenvalue weighted by Gasteiger charge is -2.33. The molecule has 0 saturated carbocycles. The molecule has 1 atom stereocenters. The summed E-state index contributed by atoms with van der Waals surface area (Å²) in [6.45, 7) is 3.76. The second-order valence-electron chi connectivity index (χ2n) is 8.58. The molecule has 3 N–H and O–H groups in total. The molecule has 4 rings (SSSR count). The van der Waals surface area contributed by atoms with Gasteiger partial charge in [-0.05, 0) is 58.2 Å². The summed E-state index contributed by atoms with van der Waals surface area (Å²) in [6, 6.07) is 16.5. The van der Waals surface area contributed by atoms with Crippen LogP contribution in [0.2, 0.25) is 15.1 Å². The fourth-order valence-corrected chi connectivity index (χ4v) is 4.79. The monoisotopic (exact) mass is 670 g/mol. The Bertz CT molecular complexity index is 1500. The first-order valence-electron chi connectivity index (χ1n) is 11.4. The Balaban J connectivity index is 0.00000420. The van der Waals surface area contributed by atoms with Gasteiger partial charge < -0.3 is 11.1 Å². The molecule has 0 aliphatic rings. The van der Waals surface area contributed by atoms with Gasteiger partial charge in [0.05, 0.1) is 27.6 Å². The van der Waals surface area contributed by atoms with Crippen LogP contribution in [0.15, 0.2) is 71.5 Å². The largest absolute Gasteiger partial charge is 0.318 e. The third-order valence-corrected chi connectivity index (χ3v) is 6.80. The molecule has 4 aromatic rings. The molecule has 0 bridgehead atoms. The van der Waals surface area contributed by atoms with E-state index in [2.05, 4.69) is 31.3 Å². The number of pyridine rings is 1. The van der Waals surface area contributed by atoms with Gasteiger partial charge in [0.2, 0.25) is 0 Å². The van der Waals surface area contributed by atoms with Crippen molar-refractivity contribution >= 4 is 86.3 Å². The van der Waals surface area contributed by atoms with Gasteiger partial charge in [-0.15, -0.1) is 12.4 Å². The van der Waals surface area contributed by atoms with Gasteiger partial charge in [0.25, 0.3) is 11.8 Å². The lowest BCUT2D eigenvalue weighted by Crippen LogP contribution is -2.49. The summed E-state index contributed by atoms with van der Waals surface area (Å²) >= 11 is 22.6. The summed E-state index contributed by atoms with van der Waals surface area (Å²) in [4.78, 5) is 32.9. The van der Waals surface area contributed by atoms with E-state index in [9.17, 15) is 9.59 Å². The van der Waals surface area contributed by atoms with Crippen LogP contribution in [-0.2, 0) is 0 Å². The van der Waals surface area contributed by atoms with Crippen molar-refractivity contribution in [1.29, 1.82) is 0 Å². The Kier molecular flexibility index (Phi) is 10.4. The molecule has 2 aromatic carbocycles. The number of rotatable bonds is 7. The average molecular weight is 673 g/mol. The highest BCUT2D eigenvalue weighted by Gasteiger charge is 2.30. The Morgan fingerprint density at radius 2 is 1.72 bits per heavy atom. The maximum atomic E-state index is 13.7. The average Bonchev–Trinajstić information content (AvgIpc) is 3.28. The fraction of sp³-hybridized carbons (Fsp3) is 0.154. The van der Waals surface area contributed by atoms with Crippen molar-refractivity contribution in [2.75, 3.05) is 10.2 Å². The zero-order valence-corrected chi connectivity index (χ0v) is 25.3. The Hall–Kier alpha value is -2.66. The van der Waals surface area contributed by atoms with E-state index in [1.165, 1.54) is 34.0 Å². The minimum Gasteiger partial charge on any atom is -0.318 e. The van der Waals surface area contributed by atoms with E-state index in [0.717, 1.165) is 0 Å². The second-order valence-corrected chi connectivity index (χ2v) is 10.6. The van der Waals surface area contributed by atoms with Crippen LogP contribution in [0.5, 0.6) is 0 Å². The number of hydrogen-bond acceptors (Lipinski definition) is 5. The molecular formula is C26H23BrCl4N6O2. The predicted molar refractivity (Wildman–Crippen MR) is 162 cm³/mol. The van der Waals surface area contributed by atoms with Crippen LogP contribution in [0.4, 0.5) is 11.4 Å². The van der Waals surface area contributed by atoms with Crippen LogP contribution in [-0.4, -0.2) is 32.7 Å². The van der Waals surface area contributed by atoms with E-state index in [-0.39, 0.29) is 57.2 Å². The zero-order valence-electron chi connectivity index (χ0n) is 20.6. The van der Waals surface area contributed by atoms with Crippen LogP contribution in [0, 0.1) is 5.92 Å². The first-order chi connectivity index (χ1) is 18.1. The van der Waals surface area contributed by atoms with Gasteiger partial charge in [-0.1, -0.05) is 66.8 Å². The number of halogens is 5. The molecule has 0 aliphatic heterocycles. The van der Waals surface area contributed by atoms with Crippen molar-refractivity contribution < 1.29 is 9.59 Å². The van der Waals surface area contributed by atoms with Crippen LogP contribution < -0.4 is 16.0 Å². The normalized spacial score (nSPS) is 11.6. The molecule has 1 unspecified atom stereocenters. The molecule has 0 spiro atoms. The number of nitrogens with one attached hydrogen (secondary N) is 1. The number of carbonyl (C=O) groups is 2. The Morgan fingerprint density at radius 1 is 1.03 bits per heavy atom. The molecule has 0 fully saturated rings. The van der Waals surface area contributed by atoms with Gasteiger partial charge >= 0.3 is 0 Å². The molecule has 8 nitrogen and oxygen atoms in total. The van der Waals surface area contributed by atoms with E-state index in [4.69, 9.17) is 40.5 Å². The third kappa shape index (κ3) is 6.74. The molecule has 2 amide bonds. The Morgan fingerprint density at radius 3 is 2.36 bits per heavy atom. The lowest BCUT2D eigenvalue weighted by molar-refractivity contribution is 0.0968.